The molecule has 2 aromatic rings. The Morgan fingerprint density at radius 1 is 1.31 bits per heavy atom. The molecule has 2 amide bonds. The van der Waals surface area contributed by atoms with Gasteiger partial charge in [-0.05, 0) is 25.0 Å². The van der Waals surface area contributed by atoms with Crippen LogP contribution >= 0.6 is 12.4 Å². The number of nitrogens with two attached hydrogens (primary N) is 1. The summed E-state index contributed by atoms with van der Waals surface area (Å²) in [6, 6.07) is 5.50. The first kappa shape index (κ1) is 31.5. The fourth-order valence-electron chi connectivity index (χ4n) is 4.10. The molecule has 3 rings (SSSR count). The number of nitrogens with one attached hydrogen (secondary N) is 2. The van der Waals surface area contributed by atoms with Crippen molar-refractivity contribution in [2.75, 3.05) is 20.7 Å². The van der Waals surface area contributed by atoms with Crippen LogP contribution in [0.5, 0.6) is 0 Å². The van der Waals surface area contributed by atoms with Gasteiger partial charge in [0.05, 0.1) is 25.8 Å². The van der Waals surface area contributed by atoms with Gasteiger partial charge in [-0.15, -0.1) is 12.4 Å². The first-order valence-electron chi connectivity index (χ1n) is 11.5. The lowest BCUT2D eigenvalue weighted by atomic mass is 9.96. The summed E-state index contributed by atoms with van der Waals surface area (Å²) in [7, 11) is -1.52. The van der Waals surface area contributed by atoms with E-state index in [1.807, 2.05) is 12.1 Å². The van der Waals surface area contributed by atoms with Crippen molar-refractivity contribution in [1.82, 2.24) is 20.1 Å². The van der Waals surface area contributed by atoms with Crippen molar-refractivity contribution in [2.45, 2.75) is 49.8 Å². The van der Waals surface area contributed by atoms with E-state index >= 15 is 0 Å². The number of hydrogen-bond acceptors (Lipinski definition) is 11. The number of ether oxygens (including phenoxy) is 2. The molecule has 1 saturated heterocycles. The Morgan fingerprint density at radius 2 is 1.97 bits per heavy atom. The van der Waals surface area contributed by atoms with Crippen LogP contribution in [0, 0.1) is 13.8 Å². The van der Waals surface area contributed by atoms with E-state index in [4.69, 9.17) is 15.1 Å². The van der Waals surface area contributed by atoms with E-state index in [0.29, 0.717) is 6.42 Å². The van der Waals surface area contributed by atoms with Crippen LogP contribution < -0.4 is 15.9 Å². The minimum atomic E-state index is -4.21. The Hall–Kier alpha value is -3.69. The largest absolute Gasteiger partial charge is 0.468 e. The maximum atomic E-state index is 12.8. The predicted molar refractivity (Wildman–Crippen MR) is 141 cm³/mol. The number of aromatic nitrogens is 1. The maximum absolute atomic E-state index is 12.8. The number of esters is 1. The standard InChI is InChI=1S/C23H30N6O8S.ClH/c1-13-21(14(2)37-27-13)38(33,34)28-18(22(31)35-4)12-25-20(30)10-17-9-19(29(3)23(32)36-17)16-7-5-15(6-8-16)11-26-24;/h5-8,11,17-19,28H,9-10,12,24H2,1-4H3,(H,25,30);1H/t17-,18-,19+;/m0./s1. The Morgan fingerprint density at radius 3 is 2.54 bits per heavy atom. The van der Waals surface area contributed by atoms with E-state index in [9.17, 15) is 22.8 Å². The third-order valence-electron chi connectivity index (χ3n) is 5.99. The van der Waals surface area contributed by atoms with Crippen LogP contribution in [-0.4, -0.2) is 75.5 Å². The Balaban J connectivity index is 0.00000533. The van der Waals surface area contributed by atoms with Crippen molar-refractivity contribution in [3.05, 3.63) is 46.8 Å². The van der Waals surface area contributed by atoms with Crippen molar-refractivity contribution in [3.63, 3.8) is 0 Å². The van der Waals surface area contributed by atoms with Gasteiger partial charge < -0.3 is 30.1 Å². The second kappa shape index (κ2) is 13.4. The summed E-state index contributed by atoms with van der Waals surface area (Å²) in [5.74, 6) is 3.76. The van der Waals surface area contributed by atoms with Crippen LogP contribution in [0.2, 0.25) is 0 Å². The van der Waals surface area contributed by atoms with Crippen molar-refractivity contribution < 1.29 is 36.8 Å². The highest BCUT2D eigenvalue weighted by Gasteiger charge is 2.36. The van der Waals surface area contributed by atoms with Gasteiger partial charge in [0.1, 0.15) is 22.7 Å². The third-order valence-corrected chi connectivity index (χ3v) is 7.71. The Labute approximate surface area is 231 Å². The summed E-state index contributed by atoms with van der Waals surface area (Å²) in [6.45, 7) is 2.46. The number of carbonyl (C=O) groups excluding carboxylic acids is 3. The van der Waals surface area contributed by atoms with Crippen LogP contribution in [0.25, 0.3) is 0 Å². The van der Waals surface area contributed by atoms with Crippen molar-refractivity contribution >= 4 is 46.6 Å². The van der Waals surface area contributed by atoms with Crippen molar-refractivity contribution in [1.29, 1.82) is 0 Å². The number of amides is 2. The first-order valence-corrected chi connectivity index (χ1v) is 13.0. The Bertz CT molecular complexity index is 1290. The molecule has 1 aliphatic rings. The second-order valence-corrected chi connectivity index (χ2v) is 10.3. The average Bonchev–Trinajstić information content (AvgIpc) is 3.22. The lowest BCUT2D eigenvalue weighted by molar-refractivity contribution is -0.142. The van der Waals surface area contributed by atoms with Gasteiger partial charge in [0, 0.05) is 20.0 Å². The molecule has 0 aliphatic carbocycles. The van der Waals surface area contributed by atoms with Crippen molar-refractivity contribution in [2.24, 2.45) is 10.9 Å². The van der Waals surface area contributed by atoms with Gasteiger partial charge >= 0.3 is 12.1 Å². The average molecular weight is 587 g/mol. The van der Waals surface area contributed by atoms with E-state index in [1.165, 1.54) is 25.0 Å². The molecule has 0 spiro atoms. The van der Waals surface area contributed by atoms with E-state index in [0.717, 1.165) is 18.2 Å². The molecule has 3 atom stereocenters. The molecule has 14 nitrogen and oxygen atoms in total. The predicted octanol–water partition coefficient (Wildman–Crippen LogP) is 0.914. The fourth-order valence-corrected chi connectivity index (χ4v) is 5.61. The molecule has 16 heteroatoms. The molecule has 214 valence electrons. The van der Waals surface area contributed by atoms with Gasteiger partial charge in [-0.1, -0.05) is 29.4 Å². The molecule has 0 bridgehead atoms. The van der Waals surface area contributed by atoms with Gasteiger partial charge in [0.25, 0.3) is 0 Å². The van der Waals surface area contributed by atoms with Crippen LogP contribution in [0.1, 0.15) is 41.5 Å². The highest BCUT2D eigenvalue weighted by atomic mass is 35.5. The molecule has 0 unspecified atom stereocenters. The molecular weight excluding hydrogens is 556 g/mol. The lowest BCUT2D eigenvalue weighted by Crippen LogP contribution is -2.49. The molecule has 1 fully saturated rings. The third kappa shape index (κ3) is 7.68. The SMILES string of the molecule is COC(=O)[C@H](CNC(=O)C[C@@H]1C[C@H](c2ccc(C=NN)cc2)N(C)C(=O)O1)NS(=O)(=O)c1c(C)noc1C.Cl. The number of rotatable bonds is 10. The van der Waals surface area contributed by atoms with Gasteiger partial charge in [0.2, 0.25) is 15.9 Å². The molecular formula is C23H31ClN6O8S. The minimum Gasteiger partial charge on any atom is -0.468 e. The van der Waals surface area contributed by atoms with Crippen LogP contribution in [-0.2, 0) is 29.1 Å². The van der Waals surface area contributed by atoms with E-state index in [1.54, 1.807) is 19.2 Å². The Kier molecular flexibility index (Phi) is 10.8. The highest BCUT2D eigenvalue weighted by molar-refractivity contribution is 7.89. The quantitative estimate of drug-likeness (QED) is 0.156. The summed E-state index contributed by atoms with van der Waals surface area (Å²) in [4.78, 5) is 38.6. The van der Waals surface area contributed by atoms with E-state index in [-0.39, 0.29) is 41.2 Å². The lowest BCUT2D eigenvalue weighted by Gasteiger charge is -2.36. The number of hydrogen-bond donors (Lipinski definition) is 3. The number of aryl methyl sites for hydroxylation is 2. The number of hydrazone groups is 1. The zero-order valence-electron chi connectivity index (χ0n) is 21.7. The molecule has 1 aromatic heterocycles. The second-order valence-electron chi connectivity index (χ2n) is 8.67. The monoisotopic (exact) mass is 586 g/mol. The first-order chi connectivity index (χ1) is 18.0. The van der Waals surface area contributed by atoms with Gasteiger partial charge in [-0.3, -0.25) is 9.59 Å². The number of methoxy groups -OCH3 is 1. The van der Waals surface area contributed by atoms with Gasteiger partial charge in [0.15, 0.2) is 5.76 Å². The summed E-state index contributed by atoms with van der Waals surface area (Å²) in [6.07, 6.45) is 0.291. The van der Waals surface area contributed by atoms with Gasteiger partial charge in [-0.25, -0.2) is 13.2 Å². The molecule has 0 saturated carbocycles. The summed E-state index contributed by atoms with van der Waals surface area (Å²) >= 11 is 0. The molecule has 1 aliphatic heterocycles. The van der Waals surface area contributed by atoms with Crippen LogP contribution in [0.15, 0.2) is 38.8 Å². The summed E-state index contributed by atoms with van der Waals surface area (Å²) in [5.41, 5.74) is 1.74. The zero-order valence-corrected chi connectivity index (χ0v) is 23.4. The summed E-state index contributed by atoms with van der Waals surface area (Å²) in [5, 5.41) is 9.60. The zero-order chi connectivity index (χ0) is 28.0. The topological polar surface area (TPSA) is 196 Å². The molecule has 2 heterocycles. The normalized spacial score (nSPS) is 18.3. The molecule has 39 heavy (non-hydrogen) atoms. The molecule has 0 radical (unpaired) electrons. The number of nitrogens with zero attached hydrogens (tertiary/aromatic N) is 3. The molecule has 4 N–H and O–H groups in total. The molecule has 1 aromatic carbocycles. The number of carbonyl (C=O) groups is 3. The smallest absolute Gasteiger partial charge is 0.410 e. The maximum Gasteiger partial charge on any atom is 0.410 e. The number of sulfonamides is 1. The van der Waals surface area contributed by atoms with E-state index in [2.05, 4.69) is 25.0 Å². The number of cyclic esters (lactones) is 1. The van der Waals surface area contributed by atoms with Crippen LogP contribution in [0.4, 0.5) is 4.79 Å². The number of halogens is 1. The fraction of sp³-hybridized carbons (Fsp3) is 0.435. The van der Waals surface area contributed by atoms with Crippen molar-refractivity contribution in [3.8, 4) is 0 Å². The highest BCUT2D eigenvalue weighted by Crippen LogP contribution is 2.32. The number of benzene rings is 1. The summed E-state index contributed by atoms with van der Waals surface area (Å²) < 4.78 is 42.8. The minimum absolute atomic E-state index is 0. The van der Waals surface area contributed by atoms with Gasteiger partial charge in [-0.2, -0.15) is 9.82 Å². The van der Waals surface area contributed by atoms with E-state index < -0.39 is 46.7 Å². The van der Waals surface area contributed by atoms with Crippen LogP contribution in [0.3, 0.4) is 0 Å².